The molecule has 1 aliphatic heterocycles. The molecule has 16 heavy (non-hydrogen) atoms. The highest BCUT2D eigenvalue weighted by molar-refractivity contribution is 7.99. The number of para-hydroxylation sites is 1. The Hall–Kier alpha value is -1.62. The van der Waals surface area contributed by atoms with Crippen molar-refractivity contribution in [2.75, 3.05) is 5.75 Å². The quantitative estimate of drug-likeness (QED) is 0.649. The highest BCUT2D eigenvalue weighted by Gasteiger charge is 2.14. The Morgan fingerprint density at radius 1 is 1.38 bits per heavy atom. The van der Waals surface area contributed by atoms with Crippen LogP contribution in [0.2, 0.25) is 0 Å². The topological polar surface area (TPSA) is 47.2 Å². The molecule has 0 radical (unpaired) electrons. The normalized spacial score (nSPS) is 14.7. The van der Waals surface area contributed by atoms with Crippen LogP contribution >= 0.6 is 11.8 Å². The molecule has 0 unspecified atom stereocenters. The predicted octanol–water partition coefficient (Wildman–Crippen LogP) is 1.73. The van der Waals surface area contributed by atoms with Crippen LogP contribution in [-0.2, 0) is 0 Å². The summed E-state index contributed by atoms with van der Waals surface area (Å²) in [5.74, 6) is 0.796. The molecule has 0 fully saturated rings. The van der Waals surface area contributed by atoms with Gasteiger partial charge in [0, 0.05) is 11.5 Å². The van der Waals surface area contributed by atoms with Crippen molar-refractivity contribution < 1.29 is 0 Å². The molecular weight excluding hydrogens is 222 g/mol. The van der Waals surface area contributed by atoms with E-state index in [9.17, 15) is 4.79 Å². The molecule has 1 aromatic heterocycles. The van der Waals surface area contributed by atoms with Crippen molar-refractivity contribution in [1.29, 1.82) is 0 Å². The molecule has 0 saturated carbocycles. The lowest BCUT2D eigenvalue weighted by Crippen LogP contribution is -2.24. The van der Waals surface area contributed by atoms with Crippen LogP contribution in [0.25, 0.3) is 10.9 Å². The molecule has 5 heteroatoms. The van der Waals surface area contributed by atoms with Crippen molar-refractivity contribution in [3.05, 3.63) is 34.6 Å². The summed E-state index contributed by atoms with van der Waals surface area (Å²) < 4.78 is 1.39. The van der Waals surface area contributed by atoms with Crippen LogP contribution in [0.3, 0.4) is 0 Å². The van der Waals surface area contributed by atoms with Gasteiger partial charge in [-0.2, -0.15) is 9.78 Å². The van der Waals surface area contributed by atoms with Crippen molar-refractivity contribution in [2.45, 2.75) is 12.1 Å². The Morgan fingerprint density at radius 3 is 3.06 bits per heavy atom. The maximum absolute atomic E-state index is 12.1. The van der Waals surface area contributed by atoms with Gasteiger partial charge >= 0.3 is 0 Å². The number of fused-ring (bicyclic) bond motifs is 2. The molecule has 0 spiro atoms. The third-order valence-corrected chi connectivity index (χ3v) is 3.49. The lowest BCUT2D eigenvalue weighted by atomic mass is 10.2. The van der Waals surface area contributed by atoms with E-state index in [1.54, 1.807) is 17.8 Å². The van der Waals surface area contributed by atoms with Gasteiger partial charge in [0.25, 0.3) is 5.56 Å². The largest absolute Gasteiger partial charge is 0.282 e. The molecule has 0 N–H and O–H groups in total. The second-order valence-electron chi connectivity index (χ2n) is 3.65. The van der Waals surface area contributed by atoms with Crippen molar-refractivity contribution in [3.63, 3.8) is 0 Å². The van der Waals surface area contributed by atoms with Crippen LogP contribution < -0.4 is 5.56 Å². The SMILES string of the molecule is CC1=Nn2c(nc3ccccc3c2=O)SC1. The molecule has 2 aromatic rings. The van der Waals surface area contributed by atoms with Gasteiger partial charge in [0.2, 0.25) is 0 Å². The lowest BCUT2D eigenvalue weighted by molar-refractivity contribution is 0.697. The molecule has 0 aliphatic carbocycles. The van der Waals surface area contributed by atoms with E-state index >= 15 is 0 Å². The van der Waals surface area contributed by atoms with Gasteiger partial charge in [-0.1, -0.05) is 23.9 Å². The fourth-order valence-electron chi connectivity index (χ4n) is 1.65. The number of benzene rings is 1. The molecule has 80 valence electrons. The zero-order valence-electron chi connectivity index (χ0n) is 8.67. The van der Waals surface area contributed by atoms with Gasteiger partial charge < -0.3 is 0 Å². The van der Waals surface area contributed by atoms with E-state index in [0.29, 0.717) is 10.5 Å². The van der Waals surface area contributed by atoms with Gasteiger partial charge in [-0.3, -0.25) is 4.79 Å². The average molecular weight is 231 g/mol. The van der Waals surface area contributed by atoms with Gasteiger partial charge in [0.05, 0.1) is 10.9 Å². The summed E-state index contributed by atoms with van der Waals surface area (Å²) >= 11 is 1.55. The first-order chi connectivity index (χ1) is 7.75. The van der Waals surface area contributed by atoms with Crippen molar-refractivity contribution in [1.82, 2.24) is 9.66 Å². The van der Waals surface area contributed by atoms with Crippen molar-refractivity contribution in [2.24, 2.45) is 5.10 Å². The second-order valence-corrected chi connectivity index (χ2v) is 4.59. The van der Waals surface area contributed by atoms with E-state index in [1.807, 2.05) is 25.1 Å². The number of thioether (sulfide) groups is 1. The van der Waals surface area contributed by atoms with Crippen LogP contribution in [0, 0.1) is 0 Å². The zero-order valence-corrected chi connectivity index (χ0v) is 9.49. The molecule has 2 heterocycles. The first-order valence-corrected chi connectivity index (χ1v) is 5.93. The monoisotopic (exact) mass is 231 g/mol. The minimum Gasteiger partial charge on any atom is -0.267 e. The Kier molecular flexibility index (Phi) is 2.07. The Labute approximate surface area is 96.0 Å². The Morgan fingerprint density at radius 2 is 2.19 bits per heavy atom. The minimum atomic E-state index is -0.0906. The molecule has 3 rings (SSSR count). The molecule has 0 atom stereocenters. The number of rotatable bonds is 0. The average Bonchev–Trinajstić information content (AvgIpc) is 2.31. The van der Waals surface area contributed by atoms with Crippen LogP contribution in [-0.4, -0.2) is 21.1 Å². The molecule has 0 bridgehead atoms. The van der Waals surface area contributed by atoms with E-state index in [1.165, 1.54) is 4.68 Å². The summed E-state index contributed by atoms with van der Waals surface area (Å²) in [5.41, 5.74) is 1.59. The maximum atomic E-state index is 12.1. The molecular formula is C11H9N3OS. The first kappa shape index (κ1) is 9.59. The zero-order chi connectivity index (χ0) is 11.1. The van der Waals surface area contributed by atoms with Crippen LogP contribution in [0.5, 0.6) is 0 Å². The van der Waals surface area contributed by atoms with Crippen LogP contribution in [0.4, 0.5) is 0 Å². The Balaban J connectivity index is 2.44. The maximum Gasteiger partial charge on any atom is 0.282 e. The van der Waals surface area contributed by atoms with E-state index in [-0.39, 0.29) is 5.56 Å². The van der Waals surface area contributed by atoms with Crippen LogP contribution in [0.1, 0.15) is 6.92 Å². The van der Waals surface area contributed by atoms with E-state index < -0.39 is 0 Å². The molecule has 1 aromatic carbocycles. The number of aromatic nitrogens is 2. The summed E-state index contributed by atoms with van der Waals surface area (Å²) in [7, 11) is 0. The van der Waals surface area contributed by atoms with Crippen molar-refractivity contribution in [3.8, 4) is 0 Å². The summed E-state index contributed by atoms with van der Waals surface area (Å²) in [6.45, 7) is 1.91. The van der Waals surface area contributed by atoms with E-state index in [0.717, 1.165) is 17.0 Å². The van der Waals surface area contributed by atoms with Crippen molar-refractivity contribution >= 4 is 28.4 Å². The molecule has 1 aliphatic rings. The fraction of sp³-hybridized carbons (Fsp3) is 0.182. The summed E-state index contributed by atoms with van der Waals surface area (Å²) in [5, 5.41) is 5.52. The predicted molar refractivity (Wildman–Crippen MR) is 65.2 cm³/mol. The molecule has 0 saturated heterocycles. The minimum absolute atomic E-state index is 0.0906. The number of hydrogen-bond donors (Lipinski definition) is 0. The lowest BCUT2D eigenvalue weighted by Gasteiger charge is -2.13. The van der Waals surface area contributed by atoms with Gasteiger partial charge in [0.1, 0.15) is 0 Å². The smallest absolute Gasteiger partial charge is 0.267 e. The van der Waals surface area contributed by atoms with Crippen LogP contribution in [0.15, 0.2) is 39.3 Å². The summed E-state index contributed by atoms with van der Waals surface area (Å²) in [6, 6.07) is 7.35. The second kappa shape index (κ2) is 3.45. The highest BCUT2D eigenvalue weighted by Crippen LogP contribution is 2.20. The third-order valence-electron chi connectivity index (χ3n) is 2.40. The van der Waals surface area contributed by atoms with Gasteiger partial charge in [0.15, 0.2) is 5.16 Å². The fourth-order valence-corrected chi connectivity index (χ4v) is 2.46. The third kappa shape index (κ3) is 1.36. The molecule has 4 nitrogen and oxygen atoms in total. The highest BCUT2D eigenvalue weighted by atomic mass is 32.2. The van der Waals surface area contributed by atoms with E-state index in [2.05, 4.69) is 10.1 Å². The summed E-state index contributed by atoms with van der Waals surface area (Å²) in [4.78, 5) is 16.6. The first-order valence-electron chi connectivity index (χ1n) is 4.95. The number of hydrogen-bond acceptors (Lipinski definition) is 4. The molecule has 0 amide bonds. The summed E-state index contributed by atoms with van der Waals surface area (Å²) in [6.07, 6.45) is 0. The standard InChI is InChI=1S/C11H9N3OS/c1-7-6-16-11-12-9-5-3-2-4-8(9)10(15)14(11)13-7/h2-5H,6H2,1H3. The van der Waals surface area contributed by atoms with Gasteiger partial charge in [-0.05, 0) is 19.1 Å². The van der Waals surface area contributed by atoms with E-state index in [4.69, 9.17) is 0 Å². The Bertz CT molecular complexity index is 660. The number of nitrogens with zero attached hydrogens (tertiary/aromatic N) is 3. The van der Waals surface area contributed by atoms with Gasteiger partial charge in [-0.15, -0.1) is 0 Å². The van der Waals surface area contributed by atoms with Gasteiger partial charge in [-0.25, -0.2) is 4.98 Å².